The molecule has 0 aliphatic rings. The first-order valence-corrected chi connectivity index (χ1v) is 8.86. The minimum absolute atomic E-state index is 0.244. The van der Waals surface area contributed by atoms with Crippen molar-refractivity contribution >= 4 is 34.6 Å². The zero-order chi connectivity index (χ0) is 15.9. The Kier molecular flexibility index (Phi) is 6.15. The number of hydrogen-bond acceptors (Lipinski definition) is 5. The maximum atomic E-state index is 12.3. The molecule has 0 fully saturated rings. The number of thiophene rings is 2. The summed E-state index contributed by atoms with van der Waals surface area (Å²) < 4.78 is 5.40. The Morgan fingerprint density at radius 3 is 2.50 bits per heavy atom. The van der Waals surface area contributed by atoms with Crippen molar-refractivity contribution < 1.29 is 14.3 Å². The Morgan fingerprint density at radius 2 is 1.91 bits per heavy atom. The number of nitrogens with one attached hydrogen (secondary N) is 1. The van der Waals surface area contributed by atoms with E-state index in [1.807, 2.05) is 36.7 Å². The van der Waals surface area contributed by atoms with Crippen LogP contribution in [0.3, 0.4) is 0 Å². The summed E-state index contributed by atoms with van der Waals surface area (Å²) in [6.45, 7) is 4.46. The fourth-order valence-electron chi connectivity index (χ4n) is 1.92. The number of rotatable bonds is 7. The van der Waals surface area contributed by atoms with E-state index in [0.29, 0.717) is 17.8 Å². The van der Waals surface area contributed by atoms with E-state index in [1.54, 1.807) is 23.5 Å². The highest BCUT2D eigenvalue weighted by Gasteiger charge is 2.25. The zero-order valence-electron chi connectivity index (χ0n) is 12.6. The molecule has 6 heteroatoms. The van der Waals surface area contributed by atoms with E-state index >= 15 is 0 Å². The van der Waals surface area contributed by atoms with E-state index in [4.69, 9.17) is 4.74 Å². The Morgan fingerprint density at radius 1 is 1.18 bits per heavy atom. The molecule has 2 aromatic heterocycles. The standard InChI is InChI=1S/C16H19NO3S2/c1-11(2)9-13(20-16(19)14-6-4-8-22-14)15(18)17-10-12-5-3-7-21-12/h3-8,11,13H,9-10H2,1-2H3,(H,17,18)/t13-/m1/s1. The summed E-state index contributed by atoms with van der Waals surface area (Å²) in [6, 6.07) is 7.38. The van der Waals surface area contributed by atoms with Crippen LogP contribution in [-0.4, -0.2) is 18.0 Å². The summed E-state index contributed by atoms with van der Waals surface area (Å²) in [4.78, 5) is 25.9. The second-order valence-electron chi connectivity index (χ2n) is 5.30. The van der Waals surface area contributed by atoms with Crippen molar-refractivity contribution in [2.45, 2.75) is 32.9 Å². The molecule has 1 amide bonds. The first kappa shape index (κ1) is 16.7. The largest absolute Gasteiger partial charge is 0.448 e. The predicted octanol–water partition coefficient (Wildman–Crippen LogP) is 3.70. The quantitative estimate of drug-likeness (QED) is 0.784. The minimum atomic E-state index is -0.755. The fraction of sp³-hybridized carbons (Fsp3) is 0.375. The van der Waals surface area contributed by atoms with Crippen LogP contribution in [0.4, 0.5) is 0 Å². The normalized spacial score (nSPS) is 12.1. The average Bonchev–Trinajstić information content (AvgIpc) is 3.16. The van der Waals surface area contributed by atoms with Crippen molar-refractivity contribution in [3.05, 3.63) is 44.8 Å². The monoisotopic (exact) mass is 337 g/mol. The first-order valence-electron chi connectivity index (χ1n) is 7.11. The maximum absolute atomic E-state index is 12.3. The number of ether oxygens (including phenoxy) is 1. The number of hydrogen-bond donors (Lipinski definition) is 1. The van der Waals surface area contributed by atoms with Crippen molar-refractivity contribution in [1.29, 1.82) is 0 Å². The van der Waals surface area contributed by atoms with Gasteiger partial charge in [0.1, 0.15) is 4.88 Å². The number of carbonyl (C=O) groups is 2. The molecule has 0 saturated heterocycles. The van der Waals surface area contributed by atoms with Crippen LogP contribution in [0.25, 0.3) is 0 Å². The Balaban J connectivity index is 1.95. The molecule has 0 unspecified atom stereocenters. The predicted molar refractivity (Wildman–Crippen MR) is 89.1 cm³/mol. The molecule has 0 radical (unpaired) electrons. The van der Waals surface area contributed by atoms with Crippen LogP contribution in [0.15, 0.2) is 35.0 Å². The molecular formula is C16H19NO3S2. The van der Waals surface area contributed by atoms with Gasteiger partial charge in [0.2, 0.25) is 0 Å². The SMILES string of the molecule is CC(C)C[C@@H](OC(=O)c1cccs1)C(=O)NCc1cccs1. The third-order valence-electron chi connectivity index (χ3n) is 2.97. The van der Waals surface area contributed by atoms with Gasteiger partial charge in [0.25, 0.3) is 5.91 Å². The fourth-order valence-corrected chi connectivity index (χ4v) is 3.17. The van der Waals surface area contributed by atoms with Gasteiger partial charge in [-0.2, -0.15) is 0 Å². The second kappa shape index (κ2) is 8.10. The minimum Gasteiger partial charge on any atom is -0.448 e. The lowest BCUT2D eigenvalue weighted by Gasteiger charge is -2.18. The topological polar surface area (TPSA) is 55.4 Å². The van der Waals surface area contributed by atoms with Crippen molar-refractivity contribution in [3.63, 3.8) is 0 Å². The van der Waals surface area contributed by atoms with Crippen LogP contribution in [0.2, 0.25) is 0 Å². The molecule has 1 atom stereocenters. The smallest absolute Gasteiger partial charge is 0.349 e. The van der Waals surface area contributed by atoms with Crippen molar-refractivity contribution in [2.24, 2.45) is 5.92 Å². The molecule has 0 aliphatic heterocycles. The van der Waals surface area contributed by atoms with Crippen LogP contribution in [0.5, 0.6) is 0 Å². The van der Waals surface area contributed by atoms with Crippen molar-refractivity contribution in [2.75, 3.05) is 0 Å². The molecule has 2 heterocycles. The molecular weight excluding hydrogens is 318 g/mol. The van der Waals surface area contributed by atoms with Gasteiger partial charge in [0.05, 0.1) is 6.54 Å². The van der Waals surface area contributed by atoms with Gasteiger partial charge < -0.3 is 10.1 Å². The molecule has 0 bridgehead atoms. The highest BCUT2D eigenvalue weighted by atomic mass is 32.1. The summed E-state index contributed by atoms with van der Waals surface area (Å²) in [5, 5.41) is 6.61. The van der Waals surface area contributed by atoms with E-state index < -0.39 is 12.1 Å². The van der Waals surface area contributed by atoms with Crippen molar-refractivity contribution in [3.8, 4) is 0 Å². The van der Waals surface area contributed by atoms with Gasteiger partial charge in [0, 0.05) is 4.88 Å². The van der Waals surface area contributed by atoms with Gasteiger partial charge >= 0.3 is 5.97 Å². The van der Waals surface area contributed by atoms with Crippen LogP contribution in [-0.2, 0) is 16.1 Å². The summed E-state index contributed by atoms with van der Waals surface area (Å²) in [7, 11) is 0. The van der Waals surface area contributed by atoms with Crippen LogP contribution in [0.1, 0.15) is 34.8 Å². The first-order chi connectivity index (χ1) is 10.6. The van der Waals surface area contributed by atoms with Crippen LogP contribution < -0.4 is 5.32 Å². The Bertz CT molecular complexity index is 591. The highest BCUT2D eigenvalue weighted by molar-refractivity contribution is 7.12. The molecule has 118 valence electrons. The highest BCUT2D eigenvalue weighted by Crippen LogP contribution is 2.15. The van der Waals surface area contributed by atoms with Gasteiger partial charge in [-0.1, -0.05) is 26.0 Å². The van der Waals surface area contributed by atoms with Gasteiger partial charge in [-0.15, -0.1) is 22.7 Å². The third-order valence-corrected chi connectivity index (χ3v) is 4.69. The van der Waals surface area contributed by atoms with E-state index in [1.165, 1.54) is 11.3 Å². The van der Waals surface area contributed by atoms with E-state index in [0.717, 1.165) is 4.88 Å². The maximum Gasteiger partial charge on any atom is 0.349 e. The zero-order valence-corrected chi connectivity index (χ0v) is 14.2. The Hall–Kier alpha value is -1.66. The molecule has 2 rings (SSSR count). The number of carbonyl (C=O) groups excluding carboxylic acids is 2. The third kappa shape index (κ3) is 4.96. The van der Waals surface area contributed by atoms with E-state index in [2.05, 4.69) is 5.32 Å². The van der Waals surface area contributed by atoms with Gasteiger partial charge in [-0.3, -0.25) is 4.79 Å². The molecule has 22 heavy (non-hydrogen) atoms. The lowest BCUT2D eigenvalue weighted by Crippen LogP contribution is -2.38. The van der Waals surface area contributed by atoms with E-state index in [9.17, 15) is 9.59 Å². The van der Waals surface area contributed by atoms with Crippen LogP contribution >= 0.6 is 22.7 Å². The molecule has 0 aromatic carbocycles. The second-order valence-corrected chi connectivity index (χ2v) is 7.28. The molecule has 0 saturated carbocycles. The Labute approximate surface area is 138 Å². The van der Waals surface area contributed by atoms with E-state index in [-0.39, 0.29) is 11.8 Å². The number of amides is 1. The van der Waals surface area contributed by atoms with Crippen LogP contribution in [0, 0.1) is 5.92 Å². The average molecular weight is 337 g/mol. The molecule has 0 spiro atoms. The van der Waals surface area contributed by atoms with Gasteiger partial charge in [-0.05, 0) is 35.2 Å². The molecule has 1 N–H and O–H groups in total. The molecule has 2 aromatic rings. The van der Waals surface area contributed by atoms with Gasteiger partial charge in [-0.25, -0.2) is 4.79 Å². The molecule has 4 nitrogen and oxygen atoms in total. The molecule has 0 aliphatic carbocycles. The lowest BCUT2D eigenvalue weighted by atomic mass is 10.1. The summed E-state index contributed by atoms with van der Waals surface area (Å²) in [5.41, 5.74) is 0. The van der Waals surface area contributed by atoms with Gasteiger partial charge in [0.15, 0.2) is 6.10 Å². The summed E-state index contributed by atoms with van der Waals surface area (Å²) in [5.74, 6) is -0.424. The lowest BCUT2D eigenvalue weighted by molar-refractivity contribution is -0.130. The number of esters is 1. The summed E-state index contributed by atoms with van der Waals surface area (Å²) >= 11 is 2.89. The van der Waals surface area contributed by atoms with Crippen molar-refractivity contribution in [1.82, 2.24) is 5.32 Å². The summed E-state index contributed by atoms with van der Waals surface area (Å²) in [6.07, 6.45) is -0.248.